The fraction of sp³-hybridized carbons (Fsp3) is 0.357. The fourth-order valence-electron chi connectivity index (χ4n) is 2.43. The van der Waals surface area contributed by atoms with Crippen LogP contribution in [0.3, 0.4) is 0 Å². The second kappa shape index (κ2) is 4.97. The SMILES string of the molecule is O=C(O)C=C1CCCCC1c1ccccc1. The molecule has 0 amide bonds. The van der Waals surface area contributed by atoms with Gasteiger partial charge in [0.05, 0.1) is 0 Å². The number of hydrogen-bond acceptors (Lipinski definition) is 1. The van der Waals surface area contributed by atoms with E-state index < -0.39 is 5.97 Å². The first-order valence-electron chi connectivity index (χ1n) is 5.75. The van der Waals surface area contributed by atoms with Gasteiger partial charge in [-0.1, -0.05) is 42.3 Å². The minimum absolute atomic E-state index is 0.311. The van der Waals surface area contributed by atoms with Crippen molar-refractivity contribution in [2.45, 2.75) is 31.6 Å². The van der Waals surface area contributed by atoms with Gasteiger partial charge in [-0.15, -0.1) is 0 Å². The molecule has 0 saturated heterocycles. The molecule has 1 N–H and O–H groups in total. The molecule has 1 unspecified atom stereocenters. The van der Waals surface area contributed by atoms with E-state index in [1.54, 1.807) is 0 Å². The highest BCUT2D eigenvalue weighted by Crippen LogP contribution is 2.36. The molecule has 2 nitrogen and oxygen atoms in total. The Kier molecular flexibility index (Phi) is 3.40. The summed E-state index contributed by atoms with van der Waals surface area (Å²) in [6, 6.07) is 10.2. The number of hydrogen-bond donors (Lipinski definition) is 1. The molecule has 1 aromatic carbocycles. The maximum Gasteiger partial charge on any atom is 0.328 e. The lowest BCUT2D eigenvalue weighted by Gasteiger charge is -2.25. The fourth-order valence-corrected chi connectivity index (χ4v) is 2.43. The average Bonchev–Trinajstić information content (AvgIpc) is 2.30. The Hall–Kier alpha value is -1.57. The zero-order valence-corrected chi connectivity index (χ0v) is 9.23. The highest BCUT2D eigenvalue weighted by atomic mass is 16.4. The van der Waals surface area contributed by atoms with Crippen molar-refractivity contribution in [3.63, 3.8) is 0 Å². The number of carboxylic acids is 1. The van der Waals surface area contributed by atoms with Crippen LogP contribution in [0, 0.1) is 0 Å². The van der Waals surface area contributed by atoms with E-state index in [0.29, 0.717) is 5.92 Å². The molecule has 0 radical (unpaired) electrons. The predicted molar refractivity (Wildman–Crippen MR) is 63.4 cm³/mol. The summed E-state index contributed by atoms with van der Waals surface area (Å²) in [5.41, 5.74) is 2.32. The van der Waals surface area contributed by atoms with Crippen LogP contribution in [-0.2, 0) is 4.79 Å². The monoisotopic (exact) mass is 216 g/mol. The Morgan fingerprint density at radius 3 is 2.69 bits per heavy atom. The summed E-state index contributed by atoms with van der Waals surface area (Å²) in [6.45, 7) is 0. The highest BCUT2D eigenvalue weighted by Gasteiger charge is 2.20. The molecule has 1 atom stereocenters. The van der Waals surface area contributed by atoms with Gasteiger partial charge in [0.25, 0.3) is 0 Å². The normalized spacial score (nSPS) is 23.2. The Morgan fingerprint density at radius 1 is 1.25 bits per heavy atom. The quantitative estimate of drug-likeness (QED) is 0.770. The first-order chi connectivity index (χ1) is 7.77. The van der Waals surface area contributed by atoms with Crippen LogP contribution in [0.15, 0.2) is 42.0 Å². The first-order valence-corrected chi connectivity index (χ1v) is 5.75. The molecule has 1 aromatic rings. The maximum atomic E-state index is 10.8. The third kappa shape index (κ3) is 2.51. The summed E-state index contributed by atoms with van der Waals surface area (Å²) in [6.07, 6.45) is 5.70. The Balaban J connectivity index is 2.27. The van der Waals surface area contributed by atoms with Crippen LogP contribution in [0.5, 0.6) is 0 Å². The van der Waals surface area contributed by atoms with E-state index in [1.165, 1.54) is 18.1 Å². The summed E-state index contributed by atoms with van der Waals surface area (Å²) in [5, 5.41) is 8.85. The highest BCUT2D eigenvalue weighted by molar-refractivity contribution is 5.81. The van der Waals surface area contributed by atoms with Crippen LogP contribution in [0.4, 0.5) is 0 Å². The van der Waals surface area contributed by atoms with Crippen molar-refractivity contribution in [3.8, 4) is 0 Å². The van der Waals surface area contributed by atoms with Gasteiger partial charge < -0.3 is 5.11 Å². The Bertz CT molecular complexity index is 392. The predicted octanol–water partition coefficient (Wildman–Crippen LogP) is 3.36. The molecule has 0 aromatic heterocycles. The number of carbonyl (C=O) groups is 1. The summed E-state index contributed by atoms with van der Waals surface area (Å²) < 4.78 is 0. The summed E-state index contributed by atoms with van der Waals surface area (Å²) in [7, 11) is 0. The topological polar surface area (TPSA) is 37.3 Å². The van der Waals surface area contributed by atoms with Gasteiger partial charge in [0.1, 0.15) is 0 Å². The third-order valence-corrected chi connectivity index (χ3v) is 3.17. The van der Waals surface area contributed by atoms with Gasteiger partial charge in [0.15, 0.2) is 0 Å². The van der Waals surface area contributed by atoms with Crippen LogP contribution < -0.4 is 0 Å². The molecule has 2 heteroatoms. The zero-order valence-electron chi connectivity index (χ0n) is 9.23. The molecule has 1 fully saturated rings. The van der Waals surface area contributed by atoms with Gasteiger partial charge in [-0.3, -0.25) is 0 Å². The van der Waals surface area contributed by atoms with E-state index in [-0.39, 0.29) is 0 Å². The van der Waals surface area contributed by atoms with E-state index in [4.69, 9.17) is 5.11 Å². The molecule has 0 heterocycles. The number of carboxylic acid groups (broad SMARTS) is 1. The molecule has 84 valence electrons. The van der Waals surface area contributed by atoms with E-state index >= 15 is 0 Å². The third-order valence-electron chi connectivity index (χ3n) is 3.17. The number of rotatable bonds is 2. The molecular weight excluding hydrogens is 200 g/mol. The Labute approximate surface area is 95.6 Å². The van der Waals surface area contributed by atoms with Crippen LogP contribution in [0.2, 0.25) is 0 Å². The molecule has 1 saturated carbocycles. The lowest BCUT2D eigenvalue weighted by atomic mass is 9.79. The molecule has 1 aliphatic rings. The number of allylic oxidation sites excluding steroid dienone is 1. The second-order valence-corrected chi connectivity index (χ2v) is 4.27. The molecule has 1 aliphatic carbocycles. The van der Waals surface area contributed by atoms with Crippen LogP contribution in [0.1, 0.15) is 37.2 Å². The zero-order chi connectivity index (χ0) is 11.4. The Morgan fingerprint density at radius 2 is 2.00 bits per heavy atom. The summed E-state index contributed by atoms with van der Waals surface area (Å²) >= 11 is 0. The summed E-state index contributed by atoms with van der Waals surface area (Å²) in [4.78, 5) is 10.8. The summed E-state index contributed by atoms with van der Waals surface area (Å²) in [5.74, 6) is -0.510. The van der Waals surface area contributed by atoms with Crippen molar-refractivity contribution >= 4 is 5.97 Å². The molecule has 0 bridgehead atoms. The van der Waals surface area contributed by atoms with Crippen LogP contribution >= 0.6 is 0 Å². The van der Waals surface area contributed by atoms with E-state index in [2.05, 4.69) is 12.1 Å². The van der Waals surface area contributed by atoms with Crippen molar-refractivity contribution in [2.24, 2.45) is 0 Å². The van der Waals surface area contributed by atoms with Crippen molar-refractivity contribution in [3.05, 3.63) is 47.5 Å². The number of aliphatic carboxylic acids is 1. The van der Waals surface area contributed by atoms with Crippen LogP contribution in [0.25, 0.3) is 0 Å². The van der Waals surface area contributed by atoms with Crippen molar-refractivity contribution in [1.29, 1.82) is 0 Å². The van der Waals surface area contributed by atoms with E-state index in [9.17, 15) is 4.79 Å². The molecule has 0 aliphatic heterocycles. The molecular formula is C14H16O2. The standard InChI is InChI=1S/C14H16O2/c15-14(16)10-12-8-4-5-9-13(12)11-6-2-1-3-7-11/h1-3,6-7,10,13H,4-5,8-9H2,(H,15,16). The molecule has 16 heavy (non-hydrogen) atoms. The van der Waals surface area contributed by atoms with Gasteiger partial charge in [0.2, 0.25) is 0 Å². The number of benzene rings is 1. The van der Waals surface area contributed by atoms with E-state index in [0.717, 1.165) is 24.8 Å². The largest absolute Gasteiger partial charge is 0.478 e. The van der Waals surface area contributed by atoms with Crippen molar-refractivity contribution in [1.82, 2.24) is 0 Å². The second-order valence-electron chi connectivity index (χ2n) is 4.27. The minimum Gasteiger partial charge on any atom is -0.478 e. The molecule has 2 rings (SSSR count). The lowest BCUT2D eigenvalue weighted by molar-refractivity contribution is -0.131. The van der Waals surface area contributed by atoms with Crippen molar-refractivity contribution in [2.75, 3.05) is 0 Å². The van der Waals surface area contributed by atoms with E-state index in [1.807, 2.05) is 18.2 Å². The first kappa shape index (κ1) is 10.9. The van der Waals surface area contributed by atoms with Gasteiger partial charge in [-0.2, -0.15) is 0 Å². The lowest BCUT2D eigenvalue weighted by Crippen LogP contribution is -2.10. The van der Waals surface area contributed by atoms with Crippen LogP contribution in [-0.4, -0.2) is 11.1 Å². The van der Waals surface area contributed by atoms with Gasteiger partial charge >= 0.3 is 5.97 Å². The maximum absolute atomic E-state index is 10.8. The van der Waals surface area contributed by atoms with Crippen molar-refractivity contribution < 1.29 is 9.90 Å². The van der Waals surface area contributed by atoms with Gasteiger partial charge in [-0.25, -0.2) is 4.79 Å². The van der Waals surface area contributed by atoms with Gasteiger partial charge in [-0.05, 0) is 24.8 Å². The minimum atomic E-state index is -0.821. The average molecular weight is 216 g/mol. The van der Waals surface area contributed by atoms with Gasteiger partial charge in [0, 0.05) is 12.0 Å². The molecule has 0 spiro atoms. The smallest absolute Gasteiger partial charge is 0.328 e.